The van der Waals surface area contributed by atoms with Crippen LogP contribution >= 0.6 is 0 Å². The maximum Gasteiger partial charge on any atom is 0.410 e. The molecule has 1 N–H and O–H groups in total. The van der Waals surface area contributed by atoms with Gasteiger partial charge in [-0.15, -0.1) is 10.2 Å². The average molecular weight is 574 g/mol. The largest absolute Gasteiger partial charge is 0.467 e. The van der Waals surface area contributed by atoms with Crippen LogP contribution in [0.25, 0.3) is 17.3 Å². The molecule has 12 heteroatoms. The number of fused-ring (bicyclic) bond motifs is 2. The molecule has 1 aromatic heterocycles. The number of piperidine rings is 1. The third-order valence-electron chi connectivity index (χ3n) is 7.28. The number of rotatable bonds is 8. The number of anilines is 1. The normalized spacial score (nSPS) is 22.1. The number of amides is 2. The van der Waals surface area contributed by atoms with Crippen molar-refractivity contribution in [1.29, 1.82) is 0 Å². The zero-order valence-electron chi connectivity index (χ0n) is 24.2. The molecule has 0 aliphatic carbocycles. The standard InChI is InChI=1S/C29H37F2N5O5/c1-29(2,3)41-28(38)36-18-8-10-22(36)27(31)23(14-18)35(5)25-11-9-21(33-34-25)19-15-20(30)17(7-12-26(37)32-4)13-24(19)40-16-39-6/h7,9,11-13,15,18,22-23,27H,8,10,14,16H2,1-6H3,(H,32,37)/b12-7+/t18-,22+,23-,27+/m1/s1. The summed E-state index contributed by atoms with van der Waals surface area (Å²) in [6.07, 6.45) is 2.49. The number of aromatic nitrogens is 2. The van der Waals surface area contributed by atoms with Crippen molar-refractivity contribution in [2.24, 2.45) is 0 Å². The molecule has 0 unspecified atom stereocenters. The molecule has 2 fully saturated rings. The Balaban J connectivity index is 1.54. The Bertz CT molecular complexity index is 1280. The van der Waals surface area contributed by atoms with Crippen LogP contribution in [0.2, 0.25) is 0 Å². The Kier molecular flexibility index (Phi) is 9.11. The van der Waals surface area contributed by atoms with Gasteiger partial charge in [-0.3, -0.25) is 9.69 Å². The second kappa shape index (κ2) is 12.4. The van der Waals surface area contributed by atoms with Gasteiger partial charge in [0.25, 0.3) is 0 Å². The van der Waals surface area contributed by atoms with Gasteiger partial charge in [-0.05, 0) is 70.4 Å². The highest BCUT2D eigenvalue weighted by atomic mass is 19.1. The number of hydrogen-bond acceptors (Lipinski definition) is 8. The third kappa shape index (κ3) is 6.75. The van der Waals surface area contributed by atoms with E-state index in [4.69, 9.17) is 14.2 Å². The summed E-state index contributed by atoms with van der Waals surface area (Å²) in [6.45, 7) is 5.29. The Labute approximate surface area is 238 Å². The van der Waals surface area contributed by atoms with Gasteiger partial charge in [-0.1, -0.05) is 0 Å². The SMILES string of the molecule is CNC(=O)/C=C/c1cc(OCOC)c(-c2ccc(N(C)[C@@H]3C[C@H]4CC[C@@H]([C@@H]3F)N4C(=O)OC(C)(C)C)nn2)cc1F. The van der Waals surface area contributed by atoms with Gasteiger partial charge in [0.05, 0.1) is 17.8 Å². The van der Waals surface area contributed by atoms with E-state index in [1.165, 1.54) is 38.4 Å². The zero-order chi connectivity index (χ0) is 29.9. The number of methoxy groups -OCH3 is 1. The topological polar surface area (TPSA) is 106 Å². The first-order valence-electron chi connectivity index (χ1n) is 13.5. The predicted molar refractivity (Wildman–Crippen MR) is 150 cm³/mol. The molecule has 222 valence electrons. The van der Waals surface area contributed by atoms with Crippen molar-refractivity contribution in [2.75, 3.05) is 32.9 Å². The van der Waals surface area contributed by atoms with Crippen molar-refractivity contribution < 1.29 is 32.6 Å². The lowest BCUT2D eigenvalue weighted by atomic mass is 9.94. The minimum atomic E-state index is -1.30. The number of carbonyl (C=O) groups excluding carboxylic acids is 2. The molecule has 10 nitrogen and oxygen atoms in total. The van der Waals surface area contributed by atoms with E-state index in [0.29, 0.717) is 36.3 Å². The van der Waals surface area contributed by atoms with E-state index in [-0.39, 0.29) is 30.1 Å². The fourth-order valence-corrected chi connectivity index (χ4v) is 5.31. The molecule has 2 amide bonds. The van der Waals surface area contributed by atoms with Gasteiger partial charge in [0, 0.05) is 44.4 Å². The maximum atomic E-state index is 15.8. The molecule has 0 saturated carbocycles. The van der Waals surface area contributed by atoms with E-state index in [2.05, 4.69) is 15.5 Å². The van der Waals surface area contributed by atoms with Crippen LogP contribution in [-0.4, -0.2) is 85.0 Å². The van der Waals surface area contributed by atoms with E-state index < -0.39 is 35.8 Å². The number of nitrogens with zero attached hydrogens (tertiary/aromatic N) is 4. The number of ether oxygens (including phenoxy) is 3. The minimum absolute atomic E-state index is 0.0896. The first-order valence-corrected chi connectivity index (χ1v) is 13.5. The molecule has 0 radical (unpaired) electrons. The quantitative estimate of drug-likeness (QED) is 0.367. The lowest BCUT2D eigenvalue weighted by molar-refractivity contribution is -0.116. The summed E-state index contributed by atoms with van der Waals surface area (Å²) in [5.41, 5.74) is 0.165. The van der Waals surface area contributed by atoms with E-state index in [1.807, 2.05) is 0 Å². The van der Waals surface area contributed by atoms with Gasteiger partial charge in [0.1, 0.15) is 23.3 Å². The fraction of sp³-hybridized carbons (Fsp3) is 0.517. The van der Waals surface area contributed by atoms with Crippen LogP contribution in [0.4, 0.5) is 19.4 Å². The van der Waals surface area contributed by atoms with E-state index in [1.54, 1.807) is 49.8 Å². The molecule has 4 rings (SSSR count). The van der Waals surface area contributed by atoms with E-state index in [9.17, 15) is 14.0 Å². The fourth-order valence-electron chi connectivity index (χ4n) is 5.31. The van der Waals surface area contributed by atoms with Gasteiger partial charge in [-0.2, -0.15) is 0 Å². The van der Waals surface area contributed by atoms with Crippen molar-refractivity contribution in [1.82, 2.24) is 20.4 Å². The van der Waals surface area contributed by atoms with Crippen LogP contribution in [0, 0.1) is 5.82 Å². The summed E-state index contributed by atoms with van der Waals surface area (Å²) in [5.74, 6) is -0.232. The summed E-state index contributed by atoms with van der Waals surface area (Å²) in [6, 6.07) is 4.86. The van der Waals surface area contributed by atoms with Crippen LogP contribution < -0.4 is 15.0 Å². The lowest BCUT2D eigenvalue weighted by Crippen LogP contribution is -2.59. The number of halogens is 2. The van der Waals surface area contributed by atoms with Crippen molar-refractivity contribution in [3.8, 4) is 17.0 Å². The highest BCUT2D eigenvalue weighted by molar-refractivity contribution is 5.91. The average Bonchev–Trinajstić information content (AvgIpc) is 3.29. The summed E-state index contributed by atoms with van der Waals surface area (Å²) in [5, 5.41) is 11.0. The number of carbonyl (C=O) groups is 2. The molecular formula is C29H37F2N5O5. The Morgan fingerprint density at radius 3 is 2.61 bits per heavy atom. The van der Waals surface area contributed by atoms with Crippen LogP contribution in [0.1, 0.15) is 45.6 Å². The second-order valence-corrected chi connectivity index (χ2v) is 11.2. The zero-order valence-corrected chi connectivity index (χ0v) is 24.2. The molecule has 2 aromatic rings. The molecule has 2 saturated heterocycles. The predicted octanol–water partition coefficient (Wildman–Crippen LogP) is 4.34. The summed E-state index contributed by atoms with van der Waals surface area (Å²) in [4.78, 5) is 27.7. The summed E-state index contributed by atoms with van der Waals surface area (Å²) >= 11 is 0. The molecule has 0 spiro atoms. The van der Waals surface area contributed by atoms with Crippen LogP contribution in [0.3, 0.4) is 0 Å². The molecule has 2 bridgehead atoms. The van der Waals surface area contributed by atoms with E-state index >= 15 is 4.39 Å². The van der Waals surface area contributed by atoms with Crippen molar-refractivity contribution in [3.63, 3.8) is 0 Å². The highest BCUT2D eigenvalue weighted by Crippen LogP contribution is 2.41. The molecular weight excluding hydrogens is 536 g/mol. The first kappa shape index (κ1) is 30.2. The van der Waals surface area contributed by atoms with Crippen molar-refractivity contribution in [2.45, 2.75) is 69.9 Å². The summed E-state index contributed by atoms with van der Waals surface area (Å²) in [7, 11) is 4.69. The van der Waals surface area contributed by atoms with Crippen LogP contribution in [-0.2, 0) is 14.3 Å². The number of hydrogen-bond donors (Lipinski definition) is 1. The number of likely N-dealkylation sites (N-methyl/N-ethyl adjacent to an activating group) is 1. The summed E-state index contributed by atoms with van der Waals surface area (Å²) < 4.78 is 47.0. The first-order chi connectivity index (χ1) is 19.4. The maximum absolute atomic E-state index is 15.8. The number of nitrogens with one attached hydrogen (secondary N) is 1. The van der Waals surface area contributed by atoms with Gasteiger partial charge < -0.3 is 24.4 Å². The monoisotopic (exact) mass is 573 g/mol. The van der Waals surface area contributed by atoms with Crippen LogP contribution in [0.15, 0.2) is 30.3 Å². The molecule has 1 aromatic carbocycles. The smallest absolute Gasteiger partial charge is 0.410 e. The Hall–Kier alpha value is -3.80. The van der Waals surface area contributed by atoms with Gasteiger partial charge in [0.15, 0.2) is 12.6 Å². The van der Waals surface area contributed by atoms with Crippen LogP contribution in [0.5, 0.6) is 5.75 Å². The molecule has 4 atom stereocenters. The molecule has 3 heterocycles. The number of alkyl halides is 1. The lowest BCUT2D eigenvalue weighted by Gasteiger charge is -2.44. The Morgan fingerprint density at radius 2 is 1.98 bits per heavy atom. The highest BCUT2D eigenvalue weighted by Gasteiger charge is 2.52. The van der Waals surface area contributed by atoms with Gasteiger partial charge in [0.2, 0.25) is 5.91 Å². The molecule has 41 heavy (non-hydrogen) atoms. The second-order valence-electron chi connectivity index (χ2n) is 11.2. The Morgan fingerprint density at radius 1 is 1.22 bits per heavy atom. The van der Waals surface area contributed by atoms with Crippen molar-refractivity contribution >= 4 is 23.9 Å². The third-order valence-corrected chi connectivity index (χ3v) is 7.28. The van der Waals surface area contributed by atoms with Gasteiger partial charge in [-0.25, -0.2) is 13.6 Å². The van der Waals surface area contributed by atoms with E-state index in [0.717, 1.165) is 0 Å². The minimum Gasteiger partial charge on any atom is -0.467 e. The molecule has 2 aliphatic rings. The van der Waals surface area contributed by atoms with Crippen molar-refractivity contribution in [3.05, 3.63) is 41.7 Å². The molecule has 2 aliphatic heterocycles. The van der Waals surface area contributed by atoms with Gasteiger partial charge >= 0.3 is 6.09 Å². The number of benzene rings is 1.